The van der Waals surface area contributed by atoms with E-state index in [-0.39, 0.29) is 17.6 Å². The molecule has 1 fully saturated rings. The molecule has 0 radical (unpaired) electrons. The Morgan fingerprint density at radius 3 is 2.59 bits per heavy atom. The van der Waals surface area contributed by atoms with Crippen molar-refractivity contribution in [1.82, 2.24) is 14.5 Å². The first-order valence-corrected chi connectivity index (χ1v) is 9.27. The molecular formula is C20H19ClN4O2. The summed E-state index contributed by atoms with van der Waals surface area (Å²) in [6, 6.07) is 14.4. The number of carbonyl (C=O) groups excluding carboxylic acids is 1. The van der Waals surface area contributed by atoms with E-state index in [2.05, 4.69) is 10.3 Å². The van der Waals surface area contributed by atoms with Crippen LogP contribution in [0.4, 0.5) is 10.5 Å². The summed E-state index contributed by atoms with van der Waals surface area (Å²) in [5.41, 5.74) is 1.31. The molecule has 2 aromatic carbocycles. The third kappa shape index (κ3) is 3.66. The Balaban J connectivity index is 1.45. The summed E-state index contributed by atoms with van der Waals surface area (Å²) in [6.45, 7) is 1.18. The van der Waals surface area contributed by atoms with Crippen molar-refractivity contribution in [2.75, 3.05) is 18.4 Å². The number of halogens is 1. The van der Waals surface area contributed by atoms with Gasteiger partial charge in [0.25, 0.3) is 5.56 Å². The lowest BCUT2D eigenvalue weighted by atomic mass is 10.0. The molecule has 6 nitrogen and oxygen atoms in total. The van der Waals surface area contributed by atoms with Crippen LogP contribution in [0.5, 0.6) is 0 Å². The third-order valence-corrected chi connectivity index (χ3v) is 5.15. The van der Waals surface area contributed by atoms with E-state index >= 15 is 0 Å². The maximum atomic E-state index is 12.8. The molecule has 2 amide bonds. The quantitative estimate of drug-likeness (QED) is 0.730. The van der Waals surface area contributed by atoms with Gasteiger partial charge in [-0.1, -0.05) is 29.8 Å². The Morgan fingerprint density at radius 2 is 1.85 bits per heavy atom. The lowest BCUT2D eigenvalue weighted by molar-refractivity contribution is 0.182. The summed E-state index contributed by atoms with van der Waals surface area (Å²) in [5, 5.41) is 4.02. The number of aromatic nitrogens is 2. The van der Waals surface area contributed by atoms with Crippen LogP contribution in [0.15, 0.2) is 59.7 Å². The summed E-state index contributed by atoms with van der Waals surface area (Å²) in [6.07, 6.45) is 3.01. The Bertz CT molecular complexity index is 1030. The molecule has 0 spiro atoms. The van der Waals surface area contributed by atoms with Gasteiger partial charge >= 0.3 is 6.03 Å². The molecule has 1 saturated heterocycles. The predicted molar refractivity (Wildman–Crippen MR) is 106 cm³/mol. The molecule has 0 bridgehead atoms. The number of urea groups is 1. The zero-order valence-electron chi connectivity index (χ0n) is 14.6. The Morgan fingerprint density at radius 1 is 1.11 bits per heavy atom. The summed E-state index contributed by atoms with van der Waals surface area (Å²) in [5.74, 6) is 0. The average Bonchev–Trinajstić information content (AvgIpc) is 2.69. The SMILES string of the molecule is O=C(Nc1ccccc1)N1CCC(n2cnc3cc(Cl)ccc3c2=O)CC1. The Labute approximate surface area is 161 Å². The lowest BCUT2D eigenvalue weighted by Crippen LogP contribution is -2.42. The molecule has 7 heteroatoms. The number of piperidine rings is 1. The van der Waals surface area contributed by atoms with Crippen molar-refractivity contribution in [2.24, 2.45) is 0 Å². The molecule has 1 aromatic heterocycles. The first kappa shape index (κ1) is 17.5. The number of anilines is 1. The molecule has 1 aliphatic heterocycles. The smallest absolute Gasteiger partial charge is 0.321 e. The molecular weight excluding hydrogens is 364 g/mol. The molecule has 3 aromatic rings. The second-order valence-corrected chi connectivity index (χ2v) is 7.07. The normalized spacial score (nSPS) is 15.1. The van der Waals surface area contributed by atoms with E-state index in [1.165, 1.54) is 0 Å². The van der Waals surface area contributed by atoms with Crippen molar-refractivity contribution < 1.29 is 4.79 Å². The minimum Gasteiger partial charge on any atom is -0.324 e. The van der Waals surface area contributed by atoms with Gasteiger partial charge in [-0.3, -0.25) is 9.36 Å². The van der Waals surface area contributed by atoms with Crippen molar-refractivity contribution in [1.29, 1.82) is 0 Å². The summed E-state index contributed by atoms with van der Waals surface area (Å²) in [7, 11) is 0. The Hall–Kier alpha value is -2.86. The second-order valence-electron chi connectivity index (χ2n) is 6.63. The van der Waals surface area contributed by atoms with Gasteiger partial charge in [0.2, 0.25) is 0 Å². The van der Waals surface area contributed by atoms with E-state index in [0.717, 1.165) is 5.69 Å². The largest absolute Gasteiger partial charge is 0.324 e. The molecule has 0 unspecified atom stereocenters. The van der Waals surface area contributed by atoms with Crippen LogP contribution in [0.1, 0.15) is 18.9 Å². The number of carbonyl (C=O) groups is 1. The molecule has 4 rings (SSSR count). The first-order chi connectivity index (χ1) is 13.1. The van der Waals surface area contributed by atoms with Crippen molar-refractivity contribution in [3.8, 4) is 0 Å². The van der Waals surface area contributed by atoms with Crippen LogP contribution in [0.2, 0.25) is 5.02 Å². The fraction of sp³-hybridized carbons (Fsp3) is 0.250. The number of amides is 2. The number of hydrogen-bond acceptors (Lipinski definition) is 3. The van der Waals surface area contributed by atoms with Gasteiger partial charge in [-0.25, -0.2) is 9.78 Å². The number of nitrogens with zero attached hydrogens (tertiary/aromatic N) is 3. The number of likely N-dealkylation sites (tertiary alicyclic amines) is 1. The van der Waals surface area contributed by atoms with Crippen LogP contribution >= 0.6 is 11.6 Å². The molecule has 0 atom stereocenters. The van der Waals surface area contributed by atoms with Gasteiger partial charge in [-0.05, 0) is 43.2 Å². The van der Waals surface area contributed by atoms with Gasteiger partial charge in [0.15, 0.2) is 0 Å². The minimum absolute atomic E-state index is 0.0332. The van der Waals surface area contributed by atoms with E-state index in [9.17, 15) is 9.59 Å². The molecule has 2 heterocycles. The van der Waals surface area contributed by atoms with Gasteiger partial charge in [0.05, 0.1) is 17.2 Å². The number of para-hydroxylation sites is 1. The third-order valence-electron chi connectivity index (χ3n) is 4.92. The van der Waals surface area contributed by atoms with Crippen LogP contribution in [0.3, 0.4) is 0 Å². The number of nitrogens with one attached hydrogen (secondary N) is 1. The van der Waals surface area contributed by atoms with Gasteiger partial charge in [0, 0.05) is 29.8 Å². The Kier molecular flexibility index (Phi) is 4.81. The van der Waals surface area contributed by atoms with Gasteiger partial charge in [-0.15, -0.1) is 0 Å². The fourth-order valence-electron chi connectivity index (χ4n) is 3.44. The zero-order chi connectivity index (χ0) is 18.8. The number of hydrogen-bond donors (Lipinski definition) is 1. The van der Waals surface area contributed by atoms with E-state index in [1.54, 1.807) is 34.0 Å². The summed E-state index contributed by atoms with van der Waals surface area (Å²) < 4.78 is 1.68. The standard InChI is InChI=1S/C20H19ClN4O2/c21-14-6-7-17-18(12-14)22-13-25(19(17)26)16-8-10-24(11-9-16)20(27)23-15-4-2-1-3-5-15/h1-7,12-13,16H,8-11H2,(H,23,27). The van der Waals surface area contributed by atoms with Gasteiger partial charge in [0.1, 0.15) is 0 Å². The maximum Gasteiger partial charge on any atom is 0.321 e. The summed E-state index contributed by atoms with van der Waals surface area (Å²) >= 11 is 5.97. The highest BCUT2D eigenvalue weighted by atomic mass is 35.5. The van der Waals surface area contributed by atoms with Crippen molar-refractivity contribution in [2.45, 2.75) is 18.9 Å². The average molecular weight is 383 g/mol. The number of rotatable bonds is 2. The molecule has 1 aliphatic rings. The molecule has 138 valence electrons. The highest BCUT2D eigenvalue weighted by Crippen LogP contribution is 2.23. The van der Waals surface area contributed by atoms with Crippen LogP contribution in [-0.2, 0) is 0 Å². The monoisotopic (exact) mass is 382 g/mol. The second kappa shape index (κ2) is 7.40. The molecule has 0 aliphatic carbocycles. The zero-order valence-corrected chi connectivity index (χ0v) is 15.4. The van der Waals surface area contributed by atoms with Gasteiger partial charge in [-0.2, -0.15) is 0 Å². The maximum absolute atomic E-state index is 12.8. The summed E-state index contributed by atoms with van der Waals surface area (Å²) in [4.78, 5) is 31.3. The van der Waals surface area contributed by atoms with Crippen LogP contribution in [0, 0.1) is 0 Å². The van der Waals surface area contributed by atoms with Crippen LogP contribution in [-0.4, -0.2) is 33.6 Å². The van der Waals surface area contributed by atoms with Crippen LogP contribution in [0.25, 0.3) is 10.9 Å². The van der Waals surface area contributed by atoms with E-state index in [1.807, 2.05) is 30.3 Å². The first-order valence-electron chi connectivity index (χ1n) is 8.89. The fourth-order valence-corrected chi connectivity index (χ4v) is 3.61. The highest BCUT2D eigenvalue weighted by Gasteiger charge is 2.25. The van der Waals surface area contributed by atoms with Crippen LogP contribution < -0.4 is 10.9 Å². The van der Waals surface area contributed by atoms with Gasteiger partial charge < -0.3 is 10.2 Å². The topological polar surface area (TPSA) is 67.2 Å². The molecule has 1 N–H and O–H groups in total. The highest BCUT2D eigenvalue weighted by molar-refractivity contribution is 6.31. The molecule has 0 saturated carbocycles. The van der Waals surface area contributed by atoms with Crippen molar-refractivity contribution >= 4 is 34.2 Å². The van der Waals surface area contributed by atoms with Crippen molar-refractivity contribution in [3.05, 3.63) is 70.2 Å². The number of benzene rings is 2. The minimum atomic E-state index is -0.113. The van der Waals surface area contributed by atoms with E-state index < -0.39 is 0 Å². The lowest BCUT2D eigenvalue weighted by Gasteiger charge is -2.32. The van der Waals surface area contributed by atoms with Crippen molar-refractivity contribution in [3.63, 3.8) is 0 Å². The molecule has 27 heavy (non-hydrogen) atoms. The predicted octanol–water partition coefficient (Wildman–Crippen LogP) is 3.92. The number of fused-ring (bicyclic) bond motifs is 1. The van der Waals surface area contributed by atoms with E-state index in [0.29, 0.717) is 41.9 Å². The van der Waals surface area contributed by atoms with E-state index in [4.69, 9.17) is 11.6 Å².